The number of nitrogens with zero attached hydrogens (tertiary/aromatic N) is 1. The van der Waals surface area contributed by atoms with Crippen LogP contribution in [0.25, 0.3) is 0 Å². The number of carbonyl (C=O) groups excluding carboxylic acids is 2. The fourth-order valence-corrected chi connectivity index (χ4v) is 3.61. The summed E-state index contributed by atoms with van der Waals surface area (Å²) >= 11 is 0. The number of anilines is 1. The Morgan fingerprint density at radius 3 is 2.63 bits per heavy atom. The molecule has 0 spiro atoms. The number of rotatable bonds is 4. The molecule has 1 aromatic carbocycles. The Labute approximate surface area is 161 Å². The highest BCUT2D eigenvalue weighted by Crippen LogP contribution is 2.31. The van der Waals surface area contributed by atoms with Gasteiger partial charge in [0.2, 0.25) is 0 Å². The van der Waals surface area contributed by atoms with Crippen molar-refractivity contribution >= 4 is 17.7 Å². The third-order valence-corrected chi connectivity index (χ3v) is 5.05. The van der Waals surface area contributed by atoms with E-state index in [0.717, 1.165) is 50.2 Å². The van der Waals surface area contributed by atoms with E-state index in [-0.39, 0.29) is 12.0 Å². The largest absolute Gasteiger partial charge is 0.478 e. The molecule has 0 radical (unpaired) electrons. The van der Waals surface area contributed by atoms with Gasteiger partial charge in [-0.2, -0.15) is 0 Å². The second-order valence-corrected chi connectivity index (χ2v) is 8.43. The lowest BCUT2D eigenvalue weighted by Crippen LogP contribution is -2.41. The molecule has 1 saturated heterocycles. The molecule has 2 aliphatic heterocycles. The third-order valence-electron chi connectivity index (χ3n) is 5.05. The number of likely N-dealkylation sites (tertiary alicyclic amines) is 1. The second kappa shape index (κ2) is 8.19. The van der Waals surface area contributed by atoms with Gasteiger partial charge >= 0.3 is 6.09 Å². The van der Waals surface area contributed by atoms with Crippen molar-refractivity contribution < 1.29 is 19.1 Å². The van der Waals surface area contributed by atoms with Crippen LogP contribution in [0.3, 0.4) is 0 Å². The number of ether oxygens (including phenoxy) is 2. The van der Waals surface area contributed by atoms with Crippen LogP contribution in [0.1, 0.15) is 52.9 Å². The Hall–Kier alpha value is -2.24. The lowest BCUT2D eigenvalue weighted by Gasteiger charge is -2.33. The van der Waals surface area contributed by atoms with Crippen LogP contribution in [0.15, 0.2) is 24.3 Å². The first-order valence-electron chi connectivity index (χ1n) is 9.86. The summed E-state index contributed by atoms with van der Waals surface area (Å²) in [6, 6.07) is 7.52. The topological polar surface area (TPSA) is 67.9 Å². The number of amides is 2. The molecule has 2 amide bonds. The number of hydrogen-bond acceptors (Lipinski definition) is 4. The van der Waals surface area contributed by atoms with Gasteiger partial charge in [0, 0.05) is 13.1 Å². The highest BCUT2D eigenvalue weighted by atomic mass is 16.6. The van der Waals surface area contributed by atoms with Crippen LogP contribution >= 0.6 is 0 Å². The van der Waals surface area contributed by atoms with Gasteiger partial charge in [-0.1, -0.05) is 18.6 Å². The van der Waals surface area contributed by atoms with Crippen molar-refractivity contribution in [2.24, 2.45) is 5.92 Å². The summed E-state index contributed by atoms with van der Waals surface area (Å²) in [4.78, 5) is 26.1. The molecule has 0 aromatic heterocycles. The molecule has 2 aliphatic rings. The number of para-hydroxylation sites is 2. The molecule has 1 N–H and O–H groups in total. The molecule has 148 valence electrons. The summed E-state index contributed by atoms with van der Waals surface area (Å²) in [5, 5.41) is 2.91. The zero-order valence-corrected chi connectivity index (χ0v) is 16.5. The van der Waals surface area contributed by atoms with Crippen LogP contribution < -0.4 is 10.1 Å². The Morgan fingerprint density at radius 2 is 1.93 bits per heavy atom. The van der Waals surface area contributed by atoms with Gasteiger partial charge in [0.25, 0.3) is 5.91 Å². The van der Waals surface area contributed by atoms with Crippen molar-refractivity contribution in [3.05, 3.63) is 24.3 Å². The van der Waals surface area contributed by atoms with Crippen molar-refractivity contribution in [3.63, 3.8) is 0 Å². The molecule has 1 aromatic rings. The minimum Gasteiger partial charge on any atom is -0.478 e. The third kappa shape index (κ3) is 5.37. The van der Waals surface area contributed by atoms with Gasteiger partial charge in [-0.3, -0.25) is 4.79 Å². The van der Waals surface area contributed by atoms with Crippen molar-refractivity contribution in [3.8, 4) is 5.75 Å². The van der Waals surface area contributed by atoms with Gasteiger partial charge in [-0.05, 0) is 64.5 Å². The van der Waals surface area contributed by atoms with Crippen LogP contribution in [-0.4, -0.2) is 41.7 Å². The number of benzene rings is 1. The Morgan fingerprint density at radius 1 is 1.22 bits per heavy atom. The first kappa shape index (κ1) is 19.5. The van der Waals surface area contributed by atoms with Crippen LogP contribution in [-0.2, 0) is 9.53 Å². The normalized spacial score (nSPS) is 20.5. The molecule has 1 unspecified atom stereocenters. The average Bonchev–Trinajstić information content (AvgIpc) is 2.61. The lowest BCUT2D eigenvalue weighted by molar-refractivity contribution is -0.123. The van der Waals surface area contributed by atoms with Crippen LogP contribution in [0.4, 0.5) is 10.5 Å². The van der Waals surface area contributed by atoms with Gasteiger partial charge in [-0.15, -0.1) is 0 Å². The fraction of sp³-hybridized carbons (Fsp3) is 0.619. The van der Waals surface area contributed by atoms with Crippen LogP contribution in [0, 0.1) is 5.92 Å². The van der Waals surface area contributed by atoms with Crippen molar-refractivity contribution in [1.82, 2.24) is 4.90 Å². The number of fused-ring (bicyclic) bond motifs is 1. The zero-order chi connectivity index (χ0) is 19.4. The Balaban J connectivity index is 1.39. The molecule has 0 aliphatic carbocycles. The summed E-state index contributed by atoms with van der Waals surface area (Å²) < 4.78 is 11.3. The molecule has 0 bridgehead atoms. The summed E-state index contributed by atoms with van der Waals surface area (Å²) in [5.74, 6) is 1.27. The maximum Gasteiger partial charge on any atom is 0.410 e. The maximum absolute atomic E-state index is 12.2. The molecule has 27 heavy (non-hydrogen) atoms. The fourth-order valence-electron chi connectivity index (χ4n) is 3.61. The summed E-state index contributed by atoms with van der Waals surface area (Å²) in [6.07, 6.45) is 4.05. The predicted octanol–water partition coefficient (Wildman–Crippen LogP) is 4.20. The van der Waals surface area contributed by atoms with Gasteiger partial charge in [-0.25, -0.2) is 4.79 Å². The minimum atomic E-state index is -0.451. The van der Waals surface area contributed by atoms with Crippen molar-refractivity contribution in [2.45, 2.75) is 64.6 Å². The van der Waals surface area contributed by atoms with Gasteiger partial charge in [0.05, 0.1) is 5.69 Å². The molecule has 3 rings (SSSR count). The predicted molar refractivity (Wildman–Crippen MR) is 104 cm³/mol. The SMILES string of the molecule is CC(C)(C)OC(=O)N1CCC(CCCC2Oc3ccccc3NC2=O)CC1. The van der Waals surface area contributed by atoms with E-state index in [4.69, 9.17) is 9.47 Å². The number of nitrogens with one attached hydrogen (secondary N) is 1. The second-order valence-electron chi connectivity index (χ2n) is 8.43. The molecule has 2 heterocycles. The van der Waals surface area contributed by atoms with E-state index in [2.05, 4.69) is 5.32 Å². The van der Waals surface area contributed by atoms with Crippen LogP contribution in [0.2, 0.25) is 0 Å². The summed E-state index contributed by atoms with van der Waals surface area (Å²) in [5.41, 5.74) is 0.292. The van der Waals surface area contributed by atoms with E-state index in [9.17, 15) is 9.59 Å². The Bertz CT molecular complexity index is 675. The van der Waals surface area contributed by atoms with E-state index < -0.39 is 11.7 Å². The summed E-state index contributed by atoms with van der Waals surface area (Å²) in [7, 11) is 0. The maximum atomic E-state index is 12.2. The van der Waals surface area contributed by atoms with Gasteiger partial charge in [0.1, 0.15) is 11.4 Å². The van der Waals surface area contributed by atoms with Crippen molar-refractivity contribution in [1.29, 1.82) is 0 Å². The minimum absolute atomic E-state index is 0.0616. The number of hydrogen-bond donors (Lipinski definition) is 1. The van der Waals surface area contributed by atoms with Crippen LogP contribution in [0.5, 0.6) is 5.75 Å². The zero-order valence-electron chi connectivity index (χ0n) is 16.5. The molecule has 6 nitrogen and oxygen atoms in total. The first-order chi connectivity index (χ1) is 12.8. The molecule has 1 fully saturated rings. The quantitative estimate of drug-likeness (QED) is 0.857. The molecule has 1 atom stereocenters. The molecular weight excluding hydrogens is 344 g/mol. The van der Waals surface area contributed by atoms with E-state index in [1.54, 1.807) is 4.90 Å². The van der Waals surface area contributed by atoms with E-state index >= 15 is 0 Å². The van der Waals surface area contributed by atoms with Gasteiger partial charge < -0.3 is 19.7 Å². The molecule has 0 saturated carbocycles. The van der Waals surface area contributed by atoms with Crippen molar-refractivity contribution in [2.75, 3.05) is 18.4 Å². The monoisotopic (exact) mass is 374 g/mol. The Kier molecular flexibility index (Phi) is 5.92. The van der Waals surface area contributed by atoms with E-state index in [1.165, 1.54) is 0 Å². The number of piperidine rings is 1. The lowest BCUT2D eigenvalue weighted by atomic mass is 9.91. The van der Waals surface area contributed by atoms with E-state index in [1.807, 2.05) is 45.0 Å². The molecular formula is C21H30N2O4. The standard InChI is InChI=1S/C21H30N2O4/c1-21(2,3)27-20(25)23-13-11-15(12-14-23)7-6-10-18-19(24)22-16-8-4-5-9-17(16)26-18/h4-5,8-9,15,18H,6-7,10-14H2,1-3H3,(H,22,24). The highest BCUT2D eigenvalue weighted by molar-refractivity contribution is 5.97. The highest BCUT2D eigenvalue weighted by Gasteiger charge is 2.29. The average molecular weight is 374 g/mol. The smallest absolute Gasteiger partial charge is 0.410 e. The molecule has 6 heteroatoms. The first-order valence-corrected chi connectivity index (χ1v) is 9.86. The van der Waals surface area contributed by atoms with E-state index in [0.29, 0.717) is 12.3 Å². The number of carbonyl (C=O) groups is 2. The van der Waals surface area contributed by atoms with Gasteiger partial charge in [0.15, 0.2) is 6.10 Å². The summed E-state index contributed by atoms with van der Waals surface area (Å²) in [6.45, 7) is 7.15.